The lowest BCUT2D eigenvalue weighted by molar-refractivity contribution is 0.0948. The van der Waals surface area contributed by atoms with E-state index in [1.165, 1.54) is 0 Å². The fourth-order valence-corrected chi connectivity index (χ4v) is 4.47. The van der Waals surface area contributed by atoms with Crippen molar-refractivity contribution in [2.75, 3.05) is 22.5 Å². The second kappa shape index (κ2) is 8.62. The van der Waals surface area contributed by atoms with E-state index in [0.717, 1.165) is 27.7 Å². The van der Waals surface area contributed by atoms with E-state index < -0.39 is 0 Å². The number of pyridine rings is 1. The van der Waals surface area contributed by atoms with Crippen LogP contribution in [0.2, 0.25) is 0 Å². The largest absolute Gasteiger partial charge is 0.467 e. The van der Waals surface area contributed by atoms with Gasteiger partial charge in [-0.05, 0) is 55.8 Å². The van der Waals surface area contributed by atoms with Gasteiger partial charge in [0.05, 0.1) is 18.5 Å². The van der Waals surface area contributed by atoms with Crippen LogP contribution in [0.1, 0.15) is 27.4 Å². The fraction of sp³-hybridized carbons (Fsp3) is 0.227. The molecule has 154 valence electrons. The molecule has 0 saturated heterocycles. The zero-order valence-electron chi connectivity index (χ0n) is 16.8. The van der Waals surface area contributed by atoms with Gasteiger partial charge in [0.15, 0.2) is 0 Å². The summed E-state index contributed by atoms with van der Waals surface area (Å²) in [5.74, 6) is 1.22. The standard InChI is InChI=1S/C22H22N4O3S/c1-14-11-15(2)24-21-19(14)26(8-10-30-21)22(28)25-17-6-3-5-16(12-17)20(27)23-13-18-7-4-9-29-18/h3-7,9,11-12H,8,10,13H2,1-2H3,(H,23,27)(H,25,28). The number of carbonyl (C=O) groups excluding carboxylic acids is 2. The Balaban J connectivity index is 1.47. The number of anilines is 2. The van der Waals surface area contributed by atoms with E-state index >= 15 is 0 Å². The summed E-state index contributed by atoms with van der Waals surface area (Å²) in [5.41, 5.74) is 3.83. The smallest absolute Gasteiger partial charge is 0.326 e. The highest BCUT2D eigenvalue weighted by atomic mass is 32.2. The van der Waals surface area contributed by atoms with Crippen LogP contribution in [0.25, 0.3) is 0 Å². The van der Waals surface area contributed by atoms with Crippen LogP contribution >= 0.6 is 11.8 Å². The Morgan fingerprint density at radius 2 is 2.07 bits per heavy atom. The summed E-state index contributed by atoms with van der Waals surface area (Å²) in [7, 11) is 0. The van der Waals surface area contributed by atoms with Crippen molar-refractivity contribution in [1.82, 2.24) is 10.3 Å². The molecular formula is C22H22N4O3S. The minimum absolute atomic E-state index is 0.238. The zero-order chi connectivity index (χ0) is 21.1. The molecule has 0 radical (unpaired) electrons. The number of benzene rings is 1. The van der Waals surface area contributed by atoms with E-state index in [1.807, 2.05) is 19.9 Å². The molecule has 0 unspecified atom stereocenters. The maximum Gasteiger partial charge on any atom is 0.326 e. The summed E-state index contributed by atoms with van der Waals surface area (Å²) in [6.45, 7) is 4.84. The second-order valence-electron chi connectivity index (χ2n) is 7.01. The molecule has 1 aromatic carbocycles. The zero-order valence-corrected chi connectivity index (χ0v) is 17.6. The first-order chi connectivity index (χ1) is 14.5. The molecule has 1 aliphatic heterocycles. The normalized spacial score (nSPS) is 12.9. The second-order valence-corrected chi connectivity index (χ2v) is 8.09. The Morgan fingerprint density at radius 3 is 2.87 bits per heavy atom. The Hall–Kier alpha value is -3.26. The number of aryl methyl sites for hydroxylation is 2. The third-order valence-electron chi connectivity index (χ3n) is 4.73. The van der Waals surface area contributed by atoms with E-state index in [2.05, 4.69) is 15.6 Å². The predicted molar refractivity (Wildman–Crippen MR) is 117 cm³/mol. The van der Waals surface area contributed by atoms with Crippen molar-refractivity contribution in [2.45, 2.75) is 25.4 Å². The fourth-order valence-electron chi connectivity index (χ4n) is 3.38. The lowest BCUT2D eigenvalue weighted by Crippen LogP contribution is -2.39. The van der Waals surface area contributed by atoms with Crippen molar-refractivity contribution in [3.8, 4) is 0 Å². The molecule has 0 atom stereocenters. The van der Waals surface area contributed by atoms with Crippen molar-refractivity contribution in [3.63, 3.8) is 0 Å². The lowest BCUT2D eigenvalue weighted by atomic mass is 10.2. The lowest BCUT2D eigenvalue weighted by Gasteiger charge is -2.30. The number of urea groups is 1. The molecule has 0 aliphatic carbocycles. The number of amides is 3. The number of hydrogen-bond acceptors (Lipinski definition) is 5. The summed E-state index contributed by atoms with van der Waals surface area (Å²) in [4.78, 5) is 31.7. The molecule has 0 fully saturated rings. The van der Waals surface area contributed by atoms with Gasteiger partial charge in [-0.1, -0.05) is 6.07 Å². The van der Waals surface area contributed by atoms with Crippen LogP contribution in [0.4, 0.5) is 16.2 Å². The van der Waals surface area contributed by atoms with E-state index in [9.17, 15) is 9.59 Å². The quantitative estimate of drug-likeness (QED) is 0.652. The van der Waals surface area contributed by atoms with Gasteiger partial charge in [-0.2, -0.15) is 0 Å². The number of carbonyl (C=O) groups is 2. The number of rotatable bonds is 4. The average molecular weight is 423 g/mol. The molecule has 4 rings (SSSR count). The number of fused-ring (bicyclic) bond motifs is 1. The third kappa shape index (κ3) is 4.33. The summed E-state index contributed by atoms with van der Waals surface area (Å²) in [6.07, 6.45) is 1.56. The van der Waals surface area contributed by atoms with E-state index in [1.54, 1.807) is 59.3 Å². The summed E-state index contributed by atoms with van der Waals surface area (Å²) in [6, 6.07) is 12.2. The van der Waals surface area contributed by atoms with Crippen molar-refractivity contribution in [1.29, 1.82) is 0 Å². The third-order valence-corrected chi connectivity index (χ3v) is 5.67. The van der Waals surface area contributed by atoms with Crippen LogP contribution in [-0.4, -0.2) is 29.2 Å². The number of thioether (sulfide) groups is 1. The van der Waals surface area contributed by atoms with Crippen molar-refractivity contribution in [3.05, 3.63) is 71.3 Å². The number of furan rings is 1. The maximum absolute atomic E-state index is 13.0. The van der Waals surface area contributed by atoms with Gasteiger partial charge < -0.3 is 15.1 Å². The van der Waals surface area contributed by atoms with Gasteiger partial charge in [0.25, 0.3) is 5.91 Å². The van der Waals surface area contributed by atoms with Crippen LogP contribution in [0.5, 0.6) is 0 Å². The molecule has 2 aromatic heterocycles. The van der Waals surface area contributed by atoms with Gasteiger partial charge in [0.1, 0.15) is 10.8 Å². The van der Waals surface area contributed by atoms with Crippen LogP contribution < -0.4 is 15.5 Å². The van der Waals surface area contributed by atoms with Crippen molar-refractivity contribution in [2.24, 2.45) is 0 Å². The molecule has 0 spiro atoms. The molecular weight excluding hydrogens is 400 g/mol. The van der Waals surface area contributed by atoms with Crippen LogP contribution in [-0.2, 0) is 6.54 Å². The van der Waals surface area contributed by atoms with Gasteiger partial charge in [-0.15, -0.1) is 11.8 Å². The van der Waals surface area contributed by atoms with E-state index in [4.69, 9.17) is 4.42 Å². The van der Waals surface area contributed by atoms with E-state index in [-0.39, 0.29) is 11.9 Å². The SMILES string of the molecule is Cc1cc(C)c2c(n1)SCCN2C(=O)Nc1cccc(C(=O)NCc2ccco2)c1. The molecule has 3 heterocycles. The summed E-state index contributed by atoms with van der Waals surface area (Å²) in [5, 5.41) is 6.59. The first kappa shape index (κ1) is 20.0. The number of aromatic nitrogens is 1. The van der Waals surface area contributed by atoms with Gasteiger partial charge in [-0.25, -0.2) is 9.78 Å². The Morgan fingerprint density at radius 1 is 1.20 bits per heavy atom. The number of hydrogen-bond donors (Lipinski definition) is 2. The van der Waals surface area contributed by atoms with Gasteiger partial charge >= 0.3 is 6.03 Å². The Bertz CT molecular complexity index is 1080. The molecule has 0 saturated carbocycles. The monoisotopic (exact) mass is 422 g/mol. The number of nitrogens with one attached hydrogen (secondary N) is 2. The Labute approximate surface area is 178 Å². The molecule has 2 N–H and O–H groups in total. The molecule has 30 heavy (non-hydrogen) atoms. The van der Waals surface area contributed by atoms with Crippen LogP contribution in [0, 0.1) is 13.8 Å². The van der Waals surface area contributed by atoms with Crippen molar-refractivity contribution < 1.29 is 14.0 Å². The molecule has 3 amide bonds. The first-order valence-corrected chi connectivity index (χ1v) is 10.6. The highest BCUT2D eigenvalue weighted by Gasteiger charge is 2.26. The van der Waals surface area contributed by atoms with Gasteiger partial charge in [0, 0.05) is 29.2 Å². The average Bonchev–Trinajstić information content (AvgIpc) is 3.25. The van der Waals surface area contributed by atoms with Crippen LogP contribution in [0.3, 0.4) is 0 Å². The minimum Gasteiger partial charge on any atom is -0.467 e. The van der Waals surface area contributed by atoms with Crippen molar-refractivity contribution >= 4 is 35.1 Å². The predicted octanol–water partition coefficient (Wildman–Crippen LogP) is 4.37. The highest BCUT2D eigenvalue weighted by Crippen LogP contribution is 2.36. The van der Waals surface area contributed by atoms with Gasteiger partial charge in [0.2, 0.25) is 0 Å². The summed E-state index contributed by atoms with van der Waals surface area (Å²) < 4.78 is 5.22. The molecule has 7 nitrogen and oxygen atoms in total. The first-order valence-electron chi connectivity index (χ1n) is 9.61. The molecule has 1 aliphatic rings. The summed E-state index contributed by atoms with van der Waals surface area (Å²) >= 11 is 1.66. The number of nitrogens with zero attached hydrogens (tertiary/aromatic N) is 2. The maximum atomic E-state index is 13.0. The highest BCUT2D eigenvalue weighted by molar-refractivity contribution is 7.99. The van der Waals surface area contributed by atoms with Crippen LogP contribution in [0.15, 0.2) is 58.2 Å². The molecule has 0 bridgehead atoms. The van der Waals surface area contributed by atoms with Gasteiger partial charge in [-0.3, -0.25) is 9.69 Å². The van der Waals surface area contributed by atoms with E-state index in [0.29, 0.717) is 30.1 Å². The minimum atomic E-state index is -0.238. The Kier molecular flexibility index (Phi) is 5.76. The molecule has 8 heteroatoms. The molecule has 3 aromatic rings. The topological polar surface area (TPSA) is 87.5 Å².